The molecule has 2 amide bonds. The van der Waals surface area contributed by atoms with Gasteiger partial charge in [0.2, 0.25) is 5.91 Å². The maximum atomic E-state index is 13.3. The lowest BCUT2D eigenvalue weighted by molar-refractivity contribution is -0.138. The molecule has 2 heterocycles. The molecule has 4 rings (SSSR count). The molecule has 2 aromatic rings. The number of hydrogen-bond donors (Lipinski definition) is 1. The lowest BCUT2D eigenvalue weighted by Gasteiger charge is -2.42. The Balaban J connectivity index is 1.45. The molecule has 2 N–H and O–H groups in total. The molecule has 1 aliphatic carbocycles. The molecule has 168 valence electrons. The number of nitrogens with two attached hydrogens (primary N) is 1. The van der Waals surface area contributed by atoms with Gasteiger partial charge < -0.3 is 24.8 Å². The number of carbonyl (C=O) groups excluding carboxylic acids is 2. The van der Waals surface area contributed by atoms with Crippen LogP contribution < -0.4 is 10.5 Å². The molecule has 0 radical (unpaired) electrons. The number of aromatic nitrogens is 1. The molecule has 1 saturated heterocycles. The molecule has 2 fully saturated rings. The van der Waals surface area contributed by atoms with Gasteiger partial charge >= 0.3 is 0 Å². The number of aryl methyl sites for hydroxylation is 1. The van der Waals surface area contributed by atoms with E-state index in [9.17, 15) is 9.59 Å². The Morgan fingerprint density at radius 3 is 2.55 bits per heavy atom. The summed E-state index contributed by atoms with van der Waals surface area (Å²) in [5, 5.41) is 1.01. The number of hydrogen-bond acceptors (Lipinski definition) is 4. The summed E-state index contributed by atoms with van der Waals surface area (Å²) in [6, 6.07) is 7.28. The number of piperazine rings is 1. The van der Waals surface area contributed by atoms with E-state index in [4.69, 9.17) is 10.5 Å². The van der Waals surface area contributed by atoms with Gasteiger partial charge in [0.25, 0.3) is 5.91 Å². The summed E-state index contributed by atoms with van der Waals surface area (Å²) in [5.41, 5.74) is 7.98. The van der Waals surface area contributed by atoms with Gasteiger partial charge in [-0.25, -0.2) is 0 Å². The first-order chi connectivity index (χ1) is 14.9. The van der Waals surface area contributed by atoms with E-state index in [1.165, 1.54) is 19.3 Å². The molecule has 31 heavy (non-hydrogen) atoms. The van der Waals surface area contributed by atoms with Crippen LogP contribution in [0, 0.1) is 5.92 Å². The van der Waals surface area contributed by atoms with Crippen LogP contribution in [0.2, 0.25) is 0 Å². The van der Waals surface area contributed by atoms with E-state index < -0.39 is 6.04 Å². The number of benzene rings is 1. The van der Waals surface area contributed by atoms with Crippen molar-refractivity contribution in [1.29, 1.82) is 0 Å². The quantitative estimate of drug-likeness (QED) is 0.815. The molecule has 7 heteroatoms. The molecule has 1 aromatic carbocycles. The minimum Gasteiger partial charge on any atom is -0.497 e. The maximum Gasteiger partial charge on any atom is 0.270 e. The van der Waals surface area contributed by atoms with Crippen LogP contribution in [0.1, 0.15) is 49.5 Å². The third-order valence-corrected chi connectivity index (χ3v) is 7.11. The predicted molar refractivity (Wildman–Crippen MR) is 121 cm³/mol. The second-order valence-corrected chi connectivity index (χ2v) is 9.07. The minimum atomic E-state index is -0.418. The Kier molecular flexibility index (Phi) is 6.23. The Hall–Kier alpha value is -2.54. The highest BCUT2D eigenvalue weighted by Gasteiger charge is 2.36. The molecular formula is C24H34N4O3. The Morgan fingerprint density at radius 1 is 1.13 bits per heavy atom. The second kappa shape index (κ2) is 8.91. The normalized spacial score (nSPS) is 21.4. The molecule has 1 aromatic heterocycles. The molecule has 0 bridgehead atoms. The van der Waals surface area contributed by atoms with E-state index >= 15 is 0 Å². The average Bonchev–Trinajstić information content (AvgIpc) is 3.13. The molecule has 1 aliphatic heterocycles. The van der Waals surface area contributed by atoms with E-state index in [2.05, 4.69) is 0 Å². The molecule has 1 unspecified atom stereocenters. The Bertz CT molecular complexity index is 963. The third kappa shape index (κ3) is 4.15. The fourth-order valence-electron chi connectivity index (χ4n) is 5.16. The van der Waals surface area contributed by atoms with Gasteiger partial charge in [-0.2, -0.15) is 0 Å². The van der Waals surface area contributed by atoms with Gasteiger partial charge in [-0.3, -0.25) is 9.59 Å². The Morgan fingerprint density at radius 2 is 1.87 bits per heavy atom. The largest absolute Gasteiger partial charge is 0.497 e. The highest BCUT2D eigenvalue weighted by atomic mass is 16.5. The molecule has 2 aliphatic rings. The van der Waals surface area contributed by atoms with E-state index in [1.54, 1.807) is 7.11 Å². The van der Waals surface area contributed by atoms with Crippen LogP contribution in [0.3, 0.4) is 0 Å². The van der Waals surface area contributed by atoms with Crippen LogP contribution in [0.4, 0.5) is 0 Å². The topological polar surface area (TPSA) is 80.8 Å². The summed E-state index contributed by atoms with van der Waals surface area (Å²) in [5.74, 6) is 1.10. The van der Waals surface area contributed by atoms with Gasteiger partial charge in [0.1, 0.15) is 11.4 Å². The van der Waals surface area contributed by atoms with Gasteiger partial charge in [0, 0.05) is 44.2 Å². The van der Waals surface area contributed by atoms with Gasteiger partial charge in [-0.15, -0.1) is 0 Å². The first-order valence-corrected chi connectivity index (χ1v) is 11.4. The van der Waals surface area contributed by atoms with E-state index in [-0.39, 0.29) is 17.9 Å². The predicted octanol–water partition coefficient (Wildman–Crippen LogP) is 2.77. The van der Waals surface area contributed by atoms with Crippen molar-refractivity contribution in [3.8, 4) is 5.75 Å². The van der Waals surface area contributed by atoms with Crippen molar-refractivity contribution in [2.24, 2.45) is 18.7 Å². The zero-order valence-electron chi connectivity index (χ0n) is 18.8. The highest BCUT2D eigenvalue weighted by molar-refractivity contribution is 5.99. The van der Waals surface area contributed by atoms with Crippen LogP contribution in [-0.4, -0.2) is 65.0 Å². The van der Waals surface area contributed by atoms with Crippen LogP contribution in [0.15, 0.2) is 24.3 Å². The number of carbonyl (C=O) groups is 2. The first kappa shape index (κ1) is 21.7. The summed E-state index contributed by atoms with van der Waals surface area (Å²) in [6.45, 7) is 3.59. The minimum absolute atomic E-state index is 0.00630. The molecule has 2 atom stereocenters. The van der Waals surface area contributed by atoms with Crippen molar-refractivity contribution in [2.45, 2.75) is 51.1 Å². The van der Waals surface area contributed by atoms with Crippen molar-refractivity contribution in [3.05, 3.63) is 30.0 Å². The van der Waals surface area contributed by atoms with Crippen molar-refractivity contribution in [3.63, 3.8) is 0 Å². The van der Waals surface area contributed by atoms with Crippen molar-refractivity contribution < 1.29 is 14.3 Å². The maximum absolute atomic E-state index is 13.3. The summed E-state index contributed by atoms with van der Waals surface area (Å²) >= 11 is 0. The highest BCUT2D eigenvalue weighted by Crippen LogP contribution is 2.28. The van der Waals surface area contributed by atoms with Crippen LogP contribution >= 0.6 is 0 Å². The fourth-order valence-corrected chi connectivity index (χ4v) is 5.16. The van der Waals surface area contributed by atoms with Crippen molar-refractivity contribution in [1.82, 2.24) is 14.4 Å². The SMILES string of the molecule is COc1ccc2cc(C(=O)N3CCN(C(=O)C(N)C4CCCCC4)[C@H](C)C3)n(C)c2c1. The first-order valence-electron chi connectivity index (χ1n) is 11.4. The summed E-state index contributed by atoms with van der Waals surface area (Å²) in [7, 11) is 3.54. The molecular weight excluding hydrogens is 392 g/mol. The third-order valence-electron chi connectivity index (χ3n) is 7.11. The number of fused-ring (bicyclic) bond motifs is 1. The standard InChI is InChI=1S/C24H34N4O3/c1-16-15-27(11-12-28(16)24(30)22(25)17-7-5-4-6-8-17)23(29)21-13-18-9-10-19(31-3)14-20(18)26(21)2/h9-10,13-14,16-17,22H,4-8,11-12,15,25H2,1-3H3/t16-,22?/m1/s1. The number of amides is 2. The van der Waals surface area contributed by atoms with Gasteiger partial charge in [0.05, 0.1) is 18.7 Å². The number of nitrogens with zero attached hydrogens (tertiary/aromatic N) is 3. The second-order valence-electron chi connectivity index (χ2n) is 9.07. The Labute approximate surface area is 184 Å². The van der Waals surface area contributed by atoms with Gasteiger partial charge in [-0.1, -0.05) is 19.3 Å². The number of ether oxygens (including phenoxy) is 1. The molecule has 7 nitrogen and oxygen atoms in total. The van der Waals surface area contributed by atoms with Gasteiger partial charge in [-0.05, 0) is 43.9 Å². The van der Waals surface area contributed by atoms with Gasteiger partial charge in [0.15, 0.2) is 0 Å². The lowest BCUT2D eigenvalue weighted by atomic mass is 9.83. The van der Waals surface area contributed by atoms with E-state index in [0.29, 0.717) is 31.2 Å². The summed E-state index contributed by atoms with van der Waals surface area (Å²) in [4.78, 5) is 30.1. The smallest absolute Gasteiger partial charge is 0.270 e. The zero-order valence-corrected chi connectivity index (χ0v) is 18.8. The number of methoxy groups -OCH3 is 1. The van der Waals surface area contributed by atoms with E-state index in [1.807, 2.05) is 52.6 Å². The van der Waals surface area contributed by atoms with Crippen LogP contribution in [-0.2, 0) is 11.8 Å². The van der Waals surface area contributed by atoms with Crippen molar-refractivity contribution in [2.75, 3.05) is 26.7 Å². The molecule has 0 spiro atoms. The average molecular weight is 427 g/mol. The lowest BCUT2D eigenvalue weighted by Crippen LogP contribution is -2.59. The zero-order chi connectivity index (χ0) is 22.1. The monoisotopic (exact) mass is 426 g/mol. The van der Waals surface area contributed by atoms with Crippen LogP contribution in [0.5, 0.6) is 5.75 Å². The van der Waals surface area contributed by atoms with E-state index in [0.717, 1.165) is 29.5 Å². The number of rotatable bonds is 4. The molecule has 1 saturated carbocycles. The summed E-state index contributed by atoms with van der Waals surface area (Å²) in [6.07, 6.45) is 5.67. The van der Waals surface area contributed by atoms with Crippen LogP contribution in [0.25, 0.3) is 10.9 Å². The van der Waals surface area contributed by atoms with Crippen molar-refractivity contribution >= 4 is 22.7 Å². The summed E-state index contributed by atoms with van der Waals surface area (Å²) < 4.78 is 7.24. The fraction of sp³-hybridized carbons (Fsp3) is 0.583.